The summed E-state index contributed by atoms with van der Waals surface area (Å²) >= 11 is 0. The van der Waals surface area contributed by atoms with Crippen molar-refractivity contribution in [2.75, 3.05) is 26.7 Å². The average molecular weight is 265 g/mol. The molecular formula is C15H27N3O. The summed E-state index contributed by atoms with van der Waals surface area (Å²) in [5.74, 6) is 0.901. The molecule has 2 N–H and O–H groups in total. The quantitative estimate of drug-likeness (QED) is 0.775. The van der Waals surface area contributed by atoms with Gasteiger partial charge in [0.1, 0.15) is 0 Å². The molecule has 1 saturated carbocycles. The van der Waals surface area contributed by atoms with Crippen molar-refractivity contribution in [3.63, 3.8) is 0 Å². The third kappa shape index (κ3) is 2.40. The largest absolute Gasteiger partial charge is 0.341 e. The van der Waals surface area contributed by atoms with E-state index in [4.69, 9.17) is 5.73 Å². The van der Waals surface area contributed by atoms with Crippen molar-refractivity contribution >= 4 is 5.91 Å². The molecule has 2 heterocycles. The van der Waals surface area contributed by atoms with E-state index < -0.39 is 5.54 Å². The number of nitrogens with zero attached hydrogens (tertiary/aromatic N) is 2. The van der Waals surface area contributed by atoms with Gasteiger partial charge in [0.05, 0.1) is 5.54 Å². The first kappa shape index (κ1) is 13.4. The minimum atomic E-state index is -0.534. The van der Waals surface area contributed by atoms with Crippen LogP contribution in [0.5, 0.6) is 0 Å². The van der Waals surface area contributed by atoms with Gasteiger partial charge in [-0.15, -0.1) is 0 Å². The molecule has 0 aromatic rings. The van der Waals surface area contributed by atoms with E-state index in [2.05, 4.69) is 16.8 Å². The van der Waals surface area contributed by atoms with Gasteiger partial charge >= 0.3 is 0 Å². The summed E-state index contributed by atoms with van der Waals surface area (Å²) in [6, 6.07) is 0.690. The first-order chi connectivity index (χ1) is 9.10. The number of fused-ring (bicyclic) bond motifs is 1. The highest BCUT2D eigenvalue weighted by Crippen LogP contribution is 2.33. The van der Waals surface area contributed by atoms with Gasteiger partial charge in [0.25, 0.3) is 0 Å². The number of likely N-dealkylation sites (tertiary alicyclic amines) is 2. The Hall–Kier alpha value is -0.610. The number of rotatable bonds is 1. The first-order valence-corrected chi connectivity index (χ1v) is 7.89. The van der Waals surface area contributed by atoms with Crippen LogP contribution >= 0.6 is 0 Å². The lowest BCUT2D eigenvalue weighted by molar-refractivity contribution is -0.140. The molecule has 2 aliphatic heterocycles. The van der Waals surface area contributed by atoms with Crippen LogP contribution in [0.2, 0.25) is 0 Å². The number of carbonyl (C=O) groups is 1. The average Bonchev–Trinajstić information content (AvgIpc) is 2.86. The molecule has 4 heteroatoms. The van der Waals surface area contributed by atoms with Gasteiger partial charge in [-0.05, 0) is 51.6 Å². The zero-order chi connectivity index (χ0) is 13.5. The maximum Gasteiger partial charge on any atom is 0.242 e. The highest BCUT2D eigenvalue weighted by atomic mass is 16.2. The van der Waals surface area contributed by atoms with Crippen LogP contribution in [0.1, 0.15) is 44.9 Å². The molecule has 19 heavy (non-hydrogen) atoms. The van der Waals surface area contributed by atoms with Gasteiger partial charge in [0.15, 0.2) is 0 Å². The summed E-state index contributed by atoms with van der Waals surface area (Å²) in [7, 11) is 2.23. The summed E-state index contributed by atoms with van der Waals surface area (Å²) in [6.07, 6.45) is 7.68. The van der Waals surface area contributed by atoms with Gasteiger partial charge in [-0.1, -0.05) is 12.8 Å². The Morgan fingerprint density at radius 2 is 1.89 bits per heavy atom. The molecule has 0 bridgehead atoms. The highest BCUT2D eigenvalue weighted by Gasteiger charge is 2.43. The van der Waals surface area contributed by atoms with Crippen LogP contribution in [0.4, 0.5) is 0 Å². The molecule has 3 rings (SSSR count). The van der Waals surface area contributed by atoms with E-state index >= 15 is 0 Å². The van der Waals surface area contributed by atoms with Gasteiger partial charge in [0.2, 0.25) is 5.91 Å². The maximum absolute atomic E-state index is 12.7. The summed E-state index contributed by atoms with van der Waals surface area (Å²) in [5, 5.41) is 0. The lowest BCUT2D eigenvalue weighted by Crippen LogP contribution is -2.60. The molecule has 0 aromatic heterocycles. The molecule has 3 aliphatic rings. The molecule has 1 amide bonds. The molecule has 0 spiro atoms. The fourth-order valence-electron chi connectivity index (χ4n) is 4.37. The molecule has 1 aliphatic carbocycles. The molecule has 0 aromatic carbocycles. The topological polar surface area (TPSA) is 49.6 Å². The van der Waals surface area contributed by atoms with Gasteiger partial charge in [-0.25, -0.2) is 0 Å². The monoisotopic (exact) mass is 265 g/mol. The standard InChI is InChI=1S/C15H27N3O/c1-17-9-4-5-12-11-18(10-6-13(12)17)14(19)15(16)7-2-3-8-15/h12-13H,2-11,16H2,1H3. The van der Waals surface area contributed by atoms with Crippen LogP contribution in [-0.4, -0.2) is 54.0 Å². The van der Waals surface area contributed by atoms with Gasteiger partial charge in [0, 0.05) is 19.1 Å². The van der Waals surface area contributed by atoms with Crippen molar-refractivity contribution in [2.24, 2.45) is 11.7 Å². The molecule has 0 radical (unpaired) electrons. The fraction of sp³-hybridized carbons (Fsp3) is 0.933. The summed E-state index contributed by atoms with van der Waals surface area (Å²) < 4.78 is 0. The second kappa shape index (κ2) is 5.06. The third-order valence-electron chi connectivity index (χ3n) is 5.55. The van der Waals surface area contributed by atoms with E-state index in [1.54, 1.807) is 0 Å². The molecule has 108 valence electrons. The van der Waals surface area contributed by atoms with Crippen molar-refractivity contribution in [3.8, 4) is 0 Å². The van der Waals surface area contributed by atoms with Crippen LogP contribution in [-0.2, 0) is 4.79 Å². The number of carbonyl (C=O) groups excluding carboxylic acids is 1. The van der Waals surface area contributed by atoms with Crippen LogP contribution in [0.3, 0.4) is 0 Å². The number of nitrogens with two attached hydrogens (primary N) is 1. The Balaban J connectivity index is 1.66. The van der Waals surface area contributed by atoms with Crippen LogP contribution in [0, 0.1) is 5.92 Å². The SMILES string of the molecule is CN1CCCC2CN(C(=O)C3(N)CCCC3)CCC21. The van der Waals surface area contributed by atoms with Crippen molar-refractivity contribution in [3.05, 3.63) is 0 Å². The zero-order valence-corrected chi connectivity index (χ0v) is 12.1. The van der Waals surface area contributed by atoms with Gasteiger partial charge in [-0.2, -0.15) is 0 Å². The Labute approximate surface area is 116 Å². The van der Waals surface area contributed by atoms with Crippen LogP contribution < -0.4 is 5.73 Å². The summed E-state index contributed by atoms with van der Waals surface area (Å²) in [4.78, 5) is 17.2. The van der Waals surface area contributed by atoms with E-state index in [1.807, 2.05) is 0 Å². The summed E-state index contributed by atoms with van der Waals surface area (Å²) in [5.41, 5.74) is 5.79. The zero-order valence-electron chi connectivity index (χ0n) is 12.1. The molecule has 2 unspecified atom stereocenters. The van der Waals surface area contributed by atoms with Crippen LogP contribution in [0.25, 0.3) is 0 Å². The van der Waals surface area contributed by atoms with Crippen molar-refractivity contribution in [2.45, 2.75) is 56.5 Å². The molecular weight excluding hydrogens is 238 g/mol. The maximum atomic E-state index is 12.7. The second-order valence-corrected chi connectivity index (χ2v) is 6.85. The van der Waals surface area contributed by atoms with Gasteiger partial charge in [-0.3, -0.25) is 4.79 Å². The Morgan fingerprint density at radius 3 is 2.63 bits per heavy atom. The Kier molecular flexibility index (Phi) is 3.56. The Bertz CT molecular complexity index is 351. The van der Waals surface area contributed by atoms with Crippen molar-refractivity contribution in [1.82, 2.24) is 9.80 Å². The smallest absolute Gasteiger partial charge is 0.242 e. The fourth-order valence-corrected chi connectivity index (χ4v) is 4.37. The number of piperidine rings is 2. The van der Waals surface area contributed by atoms with E-state index in [0.717, 1.165) is 45.2 Å². The van der Waals surface area contributed by atoms with Crippen LogP contribution in [0.15, 0.2) is 0 Å². The second-order valence-electron chi connectivity index (χ2n) is 6.85. The number of hydrogen-bond acceptors (Lipinski definition) is 3. The number of amides is 1. The molecule has 3 fully saturated rings. The lowest BCUT2D eigenvalue weighted by atomic mass is 9.83. The van der Waals surface area contributed by atoms with E-state index in [0.29, 0.717) is 12.0 Å². The first-order valence-electron chi connectivity index (χ1n) is 7.89. The van der Waals surface area contributed by atoms with Crippen molar-refractivity contribution < 1.29 is 4.79 Å². The minimum absolute atomic E-state index is 0.233. The molecule has 4 nitrogen and oxygen atoms in total. The van der Waals surface area contributed by atoms with Gasteiger partial charge < -0.3 is 15.5 Å². The van der Waals surface area contributed by atoms with Crippen molar-refractivity contribution in [1.29, 1.82) is 0 Å². The molecule has 2 atom stereocenters. The third-order valence-corrected chi connectivity index (χ3v) is 5.55. The Morgan fingerprint density at radius 1 is 1.16 bits per heavy atom. The predicted octanol–water partition coefficient (Wildman–Crippen LogP) is 1.20. The predicted molar refractivity (Wildman–Crippen MR) is 75.7 cm³/mol. The van der Waals surface area contributed by atoms with E-state index in [-0.39, 0.29) is 5.91 Å². The lowest BCUT2D eigenvalue weighted by Gasteiger charge is -2.47. The molecule has 2 saturated heterocycles. The minimum Gasteiger partial charge on any atom is -0.341 e. The van der Waals surface area contributed by atoms with E-state index in [9.17, 15) is 4.79 Å². The van der Waals surface area contributed by atoms with E-state index in [1.165, 1.54) is 19.4 Å². The normalized spacial score (nSPS) is 35.2. The number of hydrogen-bond donors (Lipinski definition) is 1. The summed E-state index contributed by atoms with van der Waals surface area (Å²) in [6.45, 7) is 3.06. The highest BCUT2D eigenvalue weighted by molar-refractivity contribution is 5.86.